The molecule has 0 saturated carbocycles. The molecule has 0 saturated heterocycles. The maximum absolute atomic E-state index is 12.5. The normalized spacial score (nSPS) is 10.7. The summed E-state index contributed by atoms with van der Waals surface area (Å²) in [5.74, 6) is 0.785. The lowest BCUT2D eigenvalue weighted by molar-refractivity contribution is 0.0467. The quantitative estimate of drug-likeness (QED) is 0.446. The van der Waals surface area contributed by atoms with Gasteiger partial charge in [-0.25, -0.2) is 9.48 Å². The van der Waals surface area contributed by atoms with E-state index in [1.807, 2.05) is 36.5 Å². The van der Waals surface area contributed by atoms with E-state index >= 15 is 0 Å². The first-order chi connectivity index (χ1) is 14.2. The molecule has 0 amide bonds. The number of carbonyl (C=O) groups is 1. The second kappa shape index (κ2) is 8.39. The number of ether oxygens (including phenoxy) is 2. The molecular formula is C21H18N4O4. The Morgan fingerprint density at radius 1 is 1.07 bits per heavy atom. The van der Waals surface area contributed by atoms with Crippen LogP contribution in [0.3, 0.4) is 0 Å². The summed E-state index contributed by atoms with van der Waals surface area (Å²) in [6.45, 7) is 1.94. The number of hydrogen-bond acceptors (Lipinski definition) is 7. The SMILES string of the molecule is Cc1nc(COc2ccccc2C(=O)OCc2ccc(-n3cccn3)cc2)no1. The zero-order chi connectivity index (χ0) is 20.1. The number of para-hydroxylation sites is 1. The second-order valence-electron chi connectivity index (χ2n) is 6.21. The standard InChI is InChI=1S/C21H18N4O4/c1-15-23-20(24-29-15)14-27-19-6-3-2-5-18(19)21(26)28-13-16-7-9-17(10-8-16)25-12-4-11-22-25/h2-12H,13-14H2,1H3. The summed E-state index contributed by atoms with van der Waals surface area (Å²) in [6.07, 6.45) is 3.58. The fraction of sp³-hybridized carbons (Fsp3) is 0.143. The van der Waals surface area contributed by atoms with E-state index in [-0.39, 0.29) is 13.2 Å². The largest absolute Gasteiger partial charge is 0.485 e. The van der Waals surface area contributed by atoms with Gasteiger partial charge in [0.05, 0.1) is 5.69 Å². The third kappa shape index (κ3) is 4.49. The topological polar surface area (TPSA) is 92.3 Å². The predicted molar refractivity (Wildman–Crippen MR) is 102 cm³/mol. The van der Waals surface area contributed by atoms with Crippen LogP contribution in [0.25, 0.3) is 5.69 Å². The number of nitrogens with zero attached hydrogens (tertiary/aromatic N) is 4. The third-order valence-corrected chi connectivity index (χ3v) is 4.11. The Balaban J connectivity index is 1.38. The Bertz CT molecular complexity index is 1090. The molecule has 0 bridgehead atoms. The summed E-state index contributed by atoms with van der Waals surface area (Å²) >= 11 is 0. The van der Waals surface area contributed by atoms with Crippen LogP contribution >= 0.6 is 0 Å². The molecule has 0 aliphatic carbocycles. The Kier molecular flexibility index (Phi) is 5.33. The van der Waals surface area contributed by atoms with Gasteiger partial charge in [-0.1, -0.05) is 29.4 Å². The molecule has 2 aromatic heterocycles. The van der Waals surface area contributed by atoms with E-state index in [1.54, 1.807) is 42.1 Å². The van der Waals surface area contributed by atoms with Crippen LogP contribution in [-0.4, -0.2) is 25.9 Å². The van der Waals surface area contributed by atoms with Crippen LogP contribution in [0, 0.1) is 6.92 Å². The lowest BCUT2D eigenvalue weighted by Crippen LogP contribution is -2.08. The molecule has 0 atom stereocenters. The summed E-state index contributed by atoms with van der Waals surface area (Å²) in [7, 11) is 0. The highest BCUT2D eigenvalue weighted by Crippen LogP contribution is 2.21. The smallest absolute Gasteiger partial charge is 0.342 e. The average Bonchev–Trinajstić information content (AvgIpc) is 3.43. The van der Waals surface area contributed by atoms with Crippen LogP contribution in [0.15, 0.2) is 71.5 Å². The fourth-order valence-corrected chi connectivity index (χ4v) is 2.70. The number of benzene rings is 2. The summed E-state index contributed by atoms with van der Waals surface area (Å²) in [6, 6.07) is 16.4. The van der Waals surface area contributed by atoms with Crippen LogP contribution < -0.4 is 4.74 Å². The molecule has 4 aromatic rings. The molecule has 0 unspecified atom stereocenters. The van der Waals surface area contributed by atoms with Crippen LogP contribution in [-0.2, 0) is 18.0 Å². The van der Waals surface area contributed by atoms with Gasteiger partial charge >= 0.3 is 5.97 Å². The highest BCUT2D eigenvalue weighted by atomic mass is 16.5. The maximum atomic E-state index is 12.5. The monoisotopic (exact) mass is 390 g/mol. The molecule has 2 aromatic carbocycles. The molecular weight excluding hydrogens is 372 g/mol. The molecule has 0 aliphatic rings. The second-order valence-corrected chi connectivity index (χ2v) is 6.21. The zero-order valence-electron chi connectivity index (χ0n) is 15.7. The highest BCUT2D eigenvalue weighted by Gasteiger charge is 2.15. The van der Waals surface area contributed by atoms with Gasteiger partial charge < -0.3 is 14.0 Å². The van der Waals surface area contributed by atoms with E-state index in [1.165, 1.54) is 0 Å². The van der Waals surface area contributed by atoms with E-state index < -0.39 is 5.97 Å². The van der Waals surface area contributed by atoms with Gasteiger partial charge in [0.15, 0.2) is 6.61 Å². The molecule has 2 heterocycles. The Morgan fingerprint density at radius 3 is 2.62 bits per heavy atom. The first-order valence-corrected chi connectivity index (χ1v) is 8.96. The van der Waals surface area contributed by atoms with E-state index in [0.29, 0.717) is 23.0 Å². The number of hydrogen-bond donors (Lipinski definition) is 0. The van der Waals surface area contributed by atoms with Crippen molar-refractivity contribution >= 4 is 5.97 Å². The van der Waals surface area contributed by atoms with Crippen molar-refractivity contribution in [3.05, 3.63) is 89.8 Å². The van der Waals surface area contributed by atoms with Crippen molar-refractivity contribution < 1.29 is 18.8 Å². The lowest BCUT2D eigenvalue weighted by atomic mass is 10.2. The van der Waals surface area contributed by atoms with Gasteiger partial charge in [0, 0.05) is 19.3 Å². The van der Waals surface area contributed by atoms with Gasteiger partial charge in [-0.2, -0.15) is 10.1 Å². The van der Waals surface area contributed by atoms with Crippen molar-refractivity contribution in [2.24, 2.45) is 0 Å². The summed E-state index contributed by atoms with van der Waals surface area (Å²) < 4.78 is 17.8. The Hall–Kier alpha value is -3.94. The maximum Gasteiger partial charge on any atom is 0.342 e. The summed E-state index contributed by atoms with van der Waals surface area (Å²) in [5.41, 5.74) is 2.14. The first kappa shape index (κ1) is 18.4. The third-order valence-electron chi connectivity index (χ3n) is 4.11. The van der Waals surface area contributed by atoms with Gasteiger partial charge in [0.2, 0.25) is 11.7 Å². The van der Waals surface area contributed by atoms with Crippen molar-refractivity contribution in [3.8, 4) is 11.4 Å². The Morgan fingerprint density at radius 2 is 1.90 bits per heavy atom. The van der Waals surface area contributed by atoms with Gasteiger partial charge in [-0.3, -0.25) is 0 Å². The van der Waals surface area contributed by atoms with Crippen molar-refractivity contribution in [2.45, 2.75) is 20.1 Å². The van der Waals surface area contributed by atoms with E-state index in [4.69, 9.17) is 14.0 Å². The molecule has 29 heavy (non-hydrogen) atoms. The van der Waals surface area contributed by atoms with Crippen LogP contribution in [0.1, 0.15) is 27.6 Å². The molecule has 0 aliphatic heterocycles. The Labute approximate surface area is 166 Å². The highest BCUT2D eigenvalue weighted by molar-refractivity contribution is 5.92. The summed E-state index contributed by atoms with van der Waals surface area (Å²) in [4.78, 5) is 16.6. The molecule has 0 N–H and O–H groups in total. The van der Waals surface area contributed by atoms with E-state index in [0.717, 1.165) is 11.3 Å². The minimum Gasteiger partial charge on any atom is -0.485 e. The zero-order valence-corrected chi connectivity index (χ0v) is 15.7. The molecule has 0 fully saturated rings. The summed E-state index contributed by atoms with van der Waals surface area (Å²) in [5, 5.41) is 7.96. The van der Waals surface area contributed by atoms with E-state index in [9.17, 15) is 4.79 Å². The molecule has 0 radical (unpaired) electrons. The molecule has 4 rings (SSSR count). The minimum absolute atomic E-state index is 0.0938. The van der Waals surface area contributed by atoms with Crippen molar-refractivity contribution in [1.82, 2.24) is 19.9 Å². The molecule has 0 spiro atoms. The first-order valence-electron chi connectivity index (χ1n) is 8.96. The van der Waals surface area contributed by atoms with Gasteiger partial charge in [0.1, 0.15) is 17.9 Å². The molecule has 8 nitrogen and oxygen atoms in total. The number of carbonyl (C=O) groups excluding carboxylic acids is 1. The minimum atomic E-state index is -0.471. The van der Waals surface area contributed by atoms with Crippen LogP contribution in [0.4, 0.5) is 0 Å². The van der Waals surface area contributed by atoms with E-state index in [2.05, 4.69) is 15.2 Å². The van der Waals surface area contributed by atoms with Gasteiger partial charge in [-0.15, -0.1) is 0 Å². The number of esters is 1. The van der Waals surface area contributed by atoms with Crippen LogP contribution in [0.5, 0.6) is 5.75 Å². The molecule has 8 heteroatoms. The lowest BCUT2D eigenvalue weighted by Gasteiger charge is -2.10. The van der Waals surface area contributed by atoms with Crippen LogP contribution in [0.2, 0.25) is 0 Å². The predicted octanol–water partition coefficient (Wildman–Crippen LogP) is 3.50. The average molecular weight is 390 g/mol. The van der Waals surface area contributed by atoms with Gasteiger partial charge in [0.25, 0.3) is 0 Å². The van der Waals surface area contributed by atoms with Crippen molar-refractivity contribution in [2.75, 3.05) is 0 Å². The molecule has 146 valence electrons. The fourth-order valence-electron chi connectivity index (χ4n) is 2.70. The van der Waals surface area contributed by atoms with Gasteiger partial charge in [-0.05, 0) is 35.9 Å². The number of aryl methyl sites for hydroxylation is 1. The van der Waals surface area contributed by atoms with Crippen molar-refractivity contribution in [3.63, 3.8) is 0 Å². The number of aromatic nitrogens is 4. The van der Waals surface area contributed by atoms with Crippen molar-refractivity contribution in [1.29, 1.82) is 0 Å². The number of rotatable bonds is 7.